The van der Waals surface area contributed by atoms with Crippen molar-refractivity contribution in [2.45, 2.75) is 38.3 Å². The molecular weight excluding hydrogens is 332 g/mol. The molecule has 6 heteroatoms. The van der Waals surface area contributed by atoms with Crippen LogP contribution in [0.3, 0.4) is 0 Å². The SMILES string of the molecule is CC[C@@H](C(=O)N1CCC(Oc2ccccc2OC)CC1)N1CCOCC1. The van der Waals surface area contributed by atoms with E-state index in [0.29, 0.717) is 0 Å². The van der Waals surface area contributed by atoms with E-state index >= 15 is 0 Å². The molecule has 0 aromatic heterocycles. The van der Waals surface area contributed by atoms with E-state index in [2.05, 4.69) is 11.8 Å². The summed E-state index contributed by atoms with van der Waals surface area (Å²) in [7, 11) is 1.65. The van der Waals surface area contributed by atoms with Gasteiger partial charge in [-0.1, -0.05) is 19.1 Å². The molecule has 26 heavy (non-hydrogen) atoms. The molecular formula is C20H30N2O4. The molecule has 2 saturated heterocycles. The van der Waals surface area contributed by atoms with Gasteiger partial charge in [-0.05, 0) is 18.6 Å². The molecule has 3 rings (SSSR count). The molecule has 6 nitrogen and oxygen atoms in total. The van der Waals surface area contributed by atoms with Gasteiger partial charge in [0.15, 0.2) is 11.5 Å². The van der Waals surface area contributed by atoms with Gasteiger partial charge in [-0.3, -0.25) is 9.69 Å². The maximum atomic E-state index is 13.0. The molecule has 0 saturated carbocycles. The maximum Gasteiger partial charge on any atom is 0.239 e. The number of ether oxygens (including phenoxy) is 3. The molecule has 2 heterocycles. The van der Waals surface area contributed by atoms with Crippen LogP contribution in [0.15, 0.2) is 24.3 Å². The number of hydrogen-bond donors (Lipinski definition) is 0. The fourth-order valence-corrected chi connectivity index (χ4v) is 3.78. The standard InChI is InChI=1S/C20H30N2O4/c1-3-17(21-12-14-25-15-13-21)20(23)22-10-8-16(9-11-22)26-19-7-5-4-6-18(19)24-2/h4-7,16-17H,3,8-15H2,1-2H3/t17-/m0/s1. The minimum atomic E-state index is -0.0226. The van der Waals surface area contributed by atoms with E-state index in [0.717, 1.165) is 70.2 Å². The molecule has 0 unspecified atom stereocenters. The van der Waals surface area contributed by atoms with E-state index in [-0.39, 0.29) is 18.1 Å². The Morgan fingerprint density at radius 1 is 1.15 bits per heavy atom. The molecule has 1 aromatic carbocycles. The Morgan fingerprint density at radius 3 is 2.42 bits per heavy atom. The van der Waals surface area contributed by atoms with Gasteiger partial charge in [-0.15, -0.1) is 0 Å². The number of carbonyl (C=O) groups excluding carboxylic acids is 1. The van der Waals surface area contributed by atoms with E-state index in [4.69, 9.17) is 14.2 Å². The zero-order valence-corrected chi connectivity index (χ0v) is 15.9. The molecule has 144 valence electrons. The first-order valence-corrected chi connectivity index (χ1v) is 9.63. The fourth-order valence-electron chi connectivity index (χ4n) is 3.78. The smallest absolute Gasteiger partial charge is 0.239 e. The van der Waals surface area contributed by atoms with Crippen LogP contribution in [-0.4, -0.2) is 74.4 Å². The van der Waals surface area contributed by atoms with Crippen molar-refractivity contribution in [2.24, 2.45) is 0 Å². The number of rotatable bonds is 6. The van der Waals surface area contributed by atoms with Crippen LogP contribution in [0.2, 0.25) is 0 Å². The normalized spacial score (nSPS) is 20.6. The van der Waals surface area contributed by atoms with Crippen LogP contribution < -0.4 is 9.47 Å². The second-order valence-electron chi connectivity index (χ2n) is 6.87. The molecule has 0 spiro atoms. The highest BCUT2D eigenvalue weighted by Gasteiger charge is 2.32. The summed E-state index contributed by atoms with van der Waals surface area (Å²) in [6.45, 7) is 6.72. The first-order chi connectivity index (χ1) is 12.7. The van der Waals surface area contributed by atoms with Gasteiger partial charge in [0.2, 0.25) is 5.91 Å². The van der Waals surface area contributed by atoms with Crippen LogP contribution in [0.4, 0.5) is 0 Å². The summed E-state index contributed by atoms with van der Waals surface area (Å²) in [5, 5.41) is 0. The van der Waals surface area contributed by atoms with Crippen LogP contribution in [0.25, 0.3) is 0 Å². The number of nitrogens with zero attached hydrogens (tertiary/aromatic N) is 2. The third-order valence-electron chi connectivity index (χ3n) is 5.27. The number of amides is 1. The predicted molar refractivity (Wildman–Crippen MR) is 99.7 cm³/mol. The van der Waals surface area contributed by atoms with Gasteiger partial charge >= 0.3 is 0 Å². The van der Waals surface area contributed by atoms with Gasteiger partial charge < -0.3 is 19.1 Å². The summed E-state index contributed by atoms with van der Waals surface area (Å²) < 4.78 is 16.9. The highest BCUT2D eigenvalue weighted by molar-refractivity contribution is 5.82. The summed E-state index contributed by atoms with van der Waals surface area (Å²) >= 11 is 0. The molecule has 1 atom stereocenters. The van der Waals surface area contributed by atoms with Crippen LogP contribution in [0, 0.1) is 0 Å². The summed E-state index contributed by atoms with van der Waals surface area (Å²) in [6, 6.07) is 7.70. The Bertz CT molecular complexity index is 581. The topological polar surface area (TPSA) is 51.2 Å². The highest BCUT2D eigenvalue weighted by Crippen LogP contribution is 2.29. The molecule has 1 amide bonds. The van der Waals surface area contributed by atoms with Crippen LogP contribution >= 0.6 is 0 Å². The third kappa shape index (κ3) is 4.48. The Hall–Kier alpha value is -1.79. The van der Waals surface area contributed by atoms with Gasteiger partial charge in [0, 0.05) is 39.0 Å². The number of morpholine rings is 1. The van der Waals surface area contributed by atoms with Gasteiger partial charge in [0.1, 0.15) is 6.10 Å². The van der Waals surface area contributed by atoms with Crippen molar-refractivity contribution in [1.29, 1.82) is 0 Å². The number of carbonyl (C=O) groups is 1. The van der Waals surface area contributed by atoms with Crippen molar-refractivity contribution >= 4 is 5.91 Å². The monoisotopic (exact) mass is 362 g/mol. The second-order valence-corrected chi connectivity index (χ2v) is 6.87. The predicted octanol–water partition coefficient (Wildman–Crippen LogP) is 2.18. The minimum Gasteiger partial charge on any atom is -0.493 e. The molecule has 0 bridgehead atoms. The largest absolute Gasteiger partial charge is 0.493 e. The second kappa shape index (κ2) is 9.24. The third-order valence-corrected chi connectivity index (χ3v) is 5.27. The van der Waals surface area contributed by atoms with Gasteiger partial charge in [-0.25, -0.2) is 0 Å². The lowest BCUT2D eigenvalue weighted by Crippen LogP contribution is -2.54. The number of methoxy groups -OCH3 is 1. The summed E-state index contributed by atoms with van der Waals surface area (Å²) in [6.07, 6.45) is 2.67. The summed E-state index contributed by atoms with van der Waals surface area (Å²) in [5.41, 5.74) is 0. The van der Waals surface area contributed by atoms with Crippen molar-refractivity contribution in [1.82, 2.24) is 9.80 Å². The lowest BCUT2D eigenvalue weighted by Gasteiger charge is -2.38. The van der Waals surface area contributed by atoms with E-state index in [9.17, 15) is 4.79 Å². The Balaban J connectivity index is 1.53. The van der Waals surface area contributed by atoms with Crippen molar-refractivity contribution in [3.05, 3.63) is 24.3 Å². The summed E-state index contributed by atoms with van der Waals surface area (Å²) in [4.78, 5) is 17.2. The van der Waals surface area contributed by atoms with Crippen molar-refractivity contribution < 1.29 is 19.0 Å². The maximum absolute atomic E-state index is 13.0. The molecule has 2 aliphatic rings. The quantitative estimate of drug-likeness (QED) is 0.776. The number of likely N-dealkylation sites (tertiary alicyclic amines) is 1. The van der Waals surface area contributed by atoms with Crippen LogP contribution in [0.5, 0.6) is 11.5 Å². The average Bonchev–Trinajstić information content (AvgIpc) is 2.70. The Morgan fingerprint density at radius 2 is 1.81 bits per heavy atom. The molecule has 1 aromatic rings. The van der Waals surface area contributed by atoms with Gasteiger partial charge in [0.25, 0.3) is 0 Å². The van der Waals surface area contributed by atoms with Crippen LogP contribution in [-0.2, 0) is 9.53 Å². The zero-order valence-electron chi connectivity index (χ0n) is 15.9. The Kier molecular flexibility index (Phi) is 6.74. The summed E-state index contributed by atoms with van der Waals surface area (Å²) in [5.74, 6) is 1.79. The fraction of sp³-hybridized carbons (Fsp3) is 0.650. The number of para-hydroxylation sites is 2. The highest BCUT2D eigenvalue weighted by atomic mass is 16.5. The van der Waals surface area contributed by atoms with Crippen molar-refractivity contribution in [3.8, 4) is 11.5 Å². The number of piperidine rings is 1. The number of benzene rings is 1. The Labute approximate surface area is 156 Å². The van der Waals surface area contributed by atoms with Crippen LogP contribution in [0.1, 0.15) is 26.2 Å². The first-order valence-electron chi connectivity index (χ1n) is 9.63. The van der Waals surface area contributed by atoms with E-state index in [1.165, 1.54) is 0 Å². The van der Waals surface area contributed by atoms with E-state index in [1.807, 2.05) is 29.2 Å². The molecule has 0 radical (unpaired) electrons. The van der Waals surface area contributed by atoms with Gasteiger partial charge in [-0.2, -0.15) is 0 Å². The first kappa shape index (κ1) is 19.0. The number of hydrogen-bond acceptors (Lipinski definition) is 5. The lowest BCUT2D eigenvalue weighted by atomic mass is 10.0. The molecule has 0 aliphatic carbocycles. The average molecular weight is 362 g/mol. The van der Waals surface area contributed by atoms with E-state index < -0.39 is 0 Å². The van der Waals surface area contributed by atoms with Crippen molar-refractivity contribution in [3.63, 3.8) is 0 Å². The van der Waals surface area contributed by atoms with Crippen molar-refractivity contribution in [2.75, 3.05) is 46.5 Å². The molecule has 0 N–H and O–H groups in total. The van der Waals surface area contributed by atoms with Gasteiger partial charge in [0.05, 0.1) is 26.4 Å². The lowest BCUT2D eigenvalue weighted by molar-refractivity contribution is -0.140. The van der Waals surface area contributed by atoms with E-state index in [1.54, 1.807) is 7.11 Å². The molecule has 2 aliphatic heterocycles. The molecule has 2 fully saturated rings. The minimum absolute atomic E-state index is 0.0226. The zero-order chi connectivity index (χ0) is 18.4.